The van der Waals surface area contributed by atoms with Crippen molar-refractivity contribution in [2.24, 2.45) is 28.2 Å². The number of hydrogen-bond donors (Lipinski definition) is 0. The number of rotatable bonds is 6. The fourth-order valence-electron chi connectivity index (χ4n) is 5.99. The molecule has 3 aliphatic carbocycles. The van der Waals surface area contributed by atoms with Gasteiger partial charge in [-0.1, -0.05) is 62.4 Å². The molecule has 34 heavy (non-hydrogen) atoms. The van der Waals surface area contributed by atoms with Crippen LogP contribution >= 0.6 is 27.0 Å². The predicted molar refractivity (Wildman–Crippen MR) is 149 cm³/mol. The van der Waals surface area contributed by atoms with Crippen molar-refractivity contribution in [2.75, 3.05) is 6.54 Å². The Morgan fingerprint density at radius 1 is 0.882 bits per heavy atom. The van der Waals surface area contributed by atoms with Crippen molar-refractivity contribution in [3.63, 3.8) is 0 Å². The van der Waals surface area contributed by atoms with Crippen LogP contribution in [0.5, 0.6) is 0 Å². The first-order valence-corrected chi connectivity index (χ1v) is 17.5. The van der Waals surface area contributed by atoms with Gasteiger partial charge in [0.05, 0.1) is 7.92 Å². The van der Waals surface area contributed by atoms with Crippen LogP contribution in [-0.2, 0) is 15.9 Å². The molecule has 0 spiro atoms. The number of aliphatic imine (C=N–C) groups is 1. The molecule has 0 N–H and O–H groups in total. The van der Waals surface area contributed by atoms with Crippen LogP contribution in [0.25, 0.3) is 0 Å². The molecule has 0 saturated heterocycles. The van der Waals surface area contributed by atoms with E-state index in [4.69, 9.17) is 24.1 Å². The minimum atomic E-state index is -1.07. The fourth-order valence-corrected chi connectivity index (χ4v) is 8.70. The predicted octanol–water partition coefficient (Wildman–Crippen LogP) is 7.04. The maximum absolute atomic E-state index is 5.03. The van der Waals surface area contributed by atoms with Crippen LogP contribution in [0.1, 0.15) is 38.7 Å². The molecule has 3 atom stereocenters. The van der Waals surface area contributed by atoms with E-state index < -0.39 is 7.92 Å². The Hall–Kier alpha value is -0.998. The zero-order valence-electron chi connectivity index (χ0n) is 19.7. The Labute approximate surface area is 222 Å². The van der Waals surface area contributed by atoms with Crippen molar-refractivity contribution in [3.8, 4) is 0 Å². The minimum absolute atomic E-state index is 0.106. The summed E-state index contributed by atoms with van der Waals surface area (Å²) in [5.41, 5.74) is 1.82. The standard InChI is InChI=1S/C29H32NP.2ClH.Pd/c1-29(2)24-18-17-22(27(29)19-24)20-30-21-23-11-9-10-16-28(23)31(25-12-5-3-6-13-25)26-14-7-4-8-15-26;;;/h3-16,21-22,24,27H,17-20H2,1-2H3;2*1H;/q;;;+2/p-1. The van der Waals surface area contributed by atoms with Crippen molar-refractivity contribution in [3.05, 3.63) is 90.5 Å². The zero-order chi connectivity index (χ0) is 24.0. The quantitative estimate of drug-likeness (QED) is 0.163. The first kappa shape index (κ1) is 26.1. The summed E-state index contributed by atoms with van der Waals surface area (Å²) in [7, 11) is 8.55. The number of fused-ring (bicyclic) bond motifs is 2. The average Bonchev–Trinajstić information content (AvgIpc) is 2.87. The van der Waals surface area contributed by atoms with Gasteiger partial charge in [-0.05, 0) is 78.8 Å². The van der Waals surface area contributed by atoms with E-state index in [0.717, 1.165) is 24.3 Å². The molecule has 2 bridgehead atoms. The Morgan fingerprint density at radius 2 is 1.44 bits per heavy atom. The molecule has 0 aromatic heterocycles. The average molecular weight is 604 g/mol. The molecule has 3 fully saturated rings. The third-order valence-corrected chi connectivity index (χ3v) is 10.7. The molecule has 0 amide bonds. The van der Waals surface area contributed by atoms with Gasteiger partial charge in [0.15, 0.2) is 0 Å². The van der Waals surface area contributed by atoms with Crippen LogP contribution < -0.4 is 15.9 Å². The Kier molecular flexibility index (Phi) is 9.44. The van der Waals surface area contributed by atoms with E-state index in [0.29, 0.717) is 5.41 Å². The van der Waals surface area contributed by atoms with Crippen LogP contribution in [0.2, 0.25) is 0 Å². The van der Waals surface area contributed by atoms with Crippen LogP contribution in [0.4, 0.5) is 0 Å². The molecule has 0 aliphatic heterocycles. The molecular weight excluding hydrogens is 571 g/mol. The van der Waals surface area contributed by atoms with Crippen LogP contribution in [-0.4, -0.2) is 12.8 Å². The molecular formula is C29H33Cl2NPPd+. The van der Waals surface area contributed by atoms with Crippen LogP contribution in [0.15, 0.2) is 89.9 Å². The monoisotopic (exact) mass is 602 g/mol. The van der Waals surface area contributed by atoms with E-state index in [2.05, 4.69) is 105 Å². The second-order valence-corrected chi connectivity index (χ2v) is 14.7. The second kappa shape index (κ2) is 12.3. The number of nitrogens with zero attached hydrogens (tertiary/aromatic N) is 1. The van der Waals surface area contributed by atoms with Crippen molar-refractivity contribution < 1.29 is 15.9 Å². The van der Waals surface area contributed by atoms with Gasteiger partial charge in [-0.3, -0.25) is 4.99 Å². The molecule has 5 heteroatoms. The third-order valence-electron chi connectivity index (χ3n) is 7.93. The van der Waals surface area contributed by atoms with Gasteiger partial charge in [-0.25, -0.2) is 0 Å². The van der Waals surface area contributed by atoms with Gasteiger partial charge in [0.1, 0.15) is 15.9 Å². The van der Waals surface area contributed by atoms with E-state index in [1.165, 1.54) is 40.7 Å². The summed E-state index contributed by atoms with van der Waals surface area (Å²) < 4.78 is 0. The summed E-state index contributed by atoms with van der Waals surface area (Å²) in [4.78, 5) is 5.03. The number of halogens is 2. The normalized spacial score (nSPS) is 22.8. The molecule has 3 aromatic carbocycles. The van der Waals surface area contributed by atoms with E-state index in [9.17, 15) is 0 Å². The topological polar surface area (TPSA) is 12.4 Å². The Morgan fingerprint density at radius 3 is 2.00 bits per heavy atom. The van der Waals surface area contributed by atoms with Gasteiger partial charge in [0, 0.05) is 18.3 Å². The van der Waals surface area contributed by atoms with Gasteiger partial charge in [0.2, 0.25) is 0 Å². The van der Waals surface area contributed by atoms with E-state index in [1.54, 1.807) is 0 Å². The van der Waals surface area contributed by atoms with Crippen molar-refractivity contribution in [1.82, 2.24) is 0 Å². The summed E-state index contributed by atoms with van der Waals surface area (Å²) in [6.07, 6.45) is 6.36. The molecule has 3 aromatic rings. The van der Waals surface area contributed by atoms with Crippen LogP contribution in [0, 0.1) is 23.2 Å². The molecule has 1 nitrogen and oxygen atoms in total. The molecule has 182 valence electrons. The van der Waals surface area contributed by atoms with E-state index in [-0.39, 0.29) is 15.9 Å². The molecule has 6 rings (SSSR count). The maximum atomic E-state index is 5.03. The molecule has 0 radical (unpaired) electrons. The fraction of sp³-hybridized carbons (Fsp3) is 0.345. The van der Waals surface area contributed by atoms with Gasteiger partial charge >= 0.3 is 35.0 Å². The Balaban J connectivity index is 0.000000868. The SMILES string of the molecule is CC1(C)C2CCC(CN=Cc3ccccc3[PH+](c3ccccc3)c3ccccc3)C1C2.[Cl][Pd][Cl]. The number of benzene rings is 3. The van der Waals surface area contributed by atoms with Crippen molar-refractivity contribution >= 4 is 49.1 Å². The second-order valence-electron chi connectivity index (χ2n) is 9.93. The van der Waals surface area contributed by atoms with Crippen LogP contribution in [0.3, 0.4) is 0 Å². The van der Waals surface area contributed by atoms with Gasteiger partial charge in [-0.15, -0.1) is 0 Å². The molecule has 3 unspecified atom stereocenters. The summed E-state index contributed by atoms with van der Waals surface area (Å²) >= 11 is -0.106. The summed E-state index contributed by atoms with van der Waals surface area (Å²) in [5, 5.41) is 4.28. The molecule has 3 aliphatic rings. The van der Waals surface area contributed by atoms with Crippen molar-refractivity contribution in [2.45, 2.75) is 33.1 Å². The zero-order valence-corrected chi connectivity index (χ0v) is 23.8. The summed E-state index contributed by atoms with van der Waals surface area (Å²) in [5.74, 6) is 2.59. The van der Waals surface area contributed by atoms with Crippen molar-refractivity contribution in [1.29, 1.82) is 0 Å². The third kappa shape index (κ3) is 5.86. The molecule has 3 saturated carbocycles. The number of hydrogen-bond acceptors (Lipinski definition) is 1. The van der Waals surface area contributed by atoms with E-state index in [1.807, 2.05) is 0 Å². The van der Waals surface area contributed by atoms with Gasteiger partial charge in [-0.2, -0.15) is 0 Å². The van der Waals surface area contributed by atoms with Gasteiger partial charge < -0.3 is 0 Å². The summed E-state index contributed by atoms with van der Waals surface area (Å²) in [6.45, 7) is 5.94. The Bertz CT molecular complexity index is 1030. The molecule has 0 heterocycles. The van der Waals surface area contributed by atoms with E-state index >= 15 is 0 Å². The van der Waals surface area contributed by atoms with Gasteiger partial charge in [0.25, 0.3) is 0 Å². The summed E-state index contributed by atoms with van der Waals surface area (Å²) in [6, 6.07) is 30.9. The first-order chi connectivity index (χ1) is 16.6. The first-order valence-electron chi connectivity index (χ1n) is 12.0.